The second kappa shape index (κ2) is 22.6. The zero-order valence-corrected chi connectivity index (χ0v) is 52.5. The standard InChI is InChI=1S/C80H46N20/c1-9-47-29-55(39-89-73(47)81-21-1)97(56-30-48-10-2-22-82-74(48)90-40-56)67-37-68(98(57-31-49-11-3-23-83-75(49)91-41-57)58-32-50-12-4-24-84-76(50)92-42-58)64-19-20-66-70(100(61-35-53-15-7-27-87-79(53)95-45-61)62-36-54-16-8-28-88-80(54)96-46-62)38-69(65-18-17-63(67)71(64)72(65)66)99(59-33-51-13-5-25-85-77(51)93-43-59)60-34-52-14-6-26-86-78(52)94-44-60/h1-46H. The van der Waals surface area contributed by atoms with E-state index in [0.717, 1.165) is 144 Å². The Morgan fingerprint density at radius 2 is 0.330 bits per heavy atom. The Bertz CT molecular complexity index is 5600. The minimum atomic E-state index is 0.603. The number of rotatable bonds is 12. The fourth-order valence-electron chi connectivity index (χ4n) is 14.0. The fourth-order valence-corrected chi connectivity index (χ4v) is 14.0. The molecule has 0 saturated heterocycles. The number of aromatic nitrogens is 16. The van der Waals surface area contributed by atoms with Crippen molar-refractivity contribution < 1.29 is 0 Å². The molecule has 0 saturated carbocycles. The van der Waals surface area contributed by atoms with Gasteiger partial charge >= 0.3 is 0 Å². The van der Waals surface area contributed by atoms with Crippen molar-refractivity contribution in [3.8, 4) is 0 Å². The molecule has 0 amide bonds. The van der Waals surface area contributed by atoms with Crippen molar-refractivity contribution in [3.63, 3.8) is 0 Å². The van der Waals surface area contributed by atoms with Gasteiger partial charge in [-0.1, -0.05) is 24.3 Å². The molecule has 0 spiro atoms. The zero-order chi connectivity index (χ0) is 65.8. The Morgan fingerprint density at radius 1 is 0.170 bits per heavy atom. The first-order chi connectivity index (χ1) is 49.5. The van der Waals surface area contributed by atoms with Crippen LogP contribution in [0.1, 0.15) is 0 Å². The molecule has 16 heterocycles. The topological polar surface area (TPSA) is 219 Å². The molecule has 0 aliphatic carbocycles. The van der Waals surface area contributed by atoms with Gasteiger partial charge in [-0.15, -0.1) is 0 Å². The summed E-state index contributed by atoms with van der Waals surface area (Å²) in [6.45, 7) is 0. The van der Waals surface area contributed by atoms with E-state index in [9.17, 15) is 0 Å². The number of hydrogen-bond acceptors (Lipinski definition) is 20. The van der Waals surface area contributed by atoms with Crippen LogP contribution in [0.3, 0.4) is 0 Å². The van der Waals surface area contributed by atoms with E-state index in [1.165, 1.54) is 0 Å². The maximum absolute atomic E-state index is 5.07. The molecule has 100 heavy (non-hydrogen) atoms. The molecule has 0 fully saturated rings. The van der Waals surface area contributed by atoms with Crippen molar-refractivity contribution in [2.45, 2.75) is 0 Å². The summed E-state index contributed by atoms with van der Waals surface area (Å²) < 4.78 is 0. The van der Waals surface area contributed by atoms with Gasteiger partial charge in [0, 0.05) is 125 Å². The van der Waals surface area contributed by atoms with Gasteiger partial charge in [0.2, 0.25) is 0 Å². The van der Waals surface area contributed by atoms with Crippen molar-refractivity contribution >= 4 is 189 Å². The van der Waals surface area contributed by atoms with Crippen LogP contribution in [0, 0.1) is 0 Å². The molecule has 20 aromatic rings. The lowest BCUT2D eigenvalue weighted by Crippen LogP contribution is -2.17. The lowest BCUT2D eigenvalue weighted by molar-refractivity contribution is 1.20. The summed E-state index contributed by atoms with van der Waals surface area (Å²) in [6.07, 6.45) is 29.1. The highest BCUT2D eigenvalue weighted by molar-refractivity contribution is 6.33. The maximum Gasteiger partial charge on any atom is 0.159 e. The van der Waals surface area contributed by atoms with Crippen LogP contribution in [0.5, 0.6) is 0 Å². The van der Waals surface area contributed by atoms with Gasteiger partial charge in [0.25, 0.3) is 0 Å². The van der Waals surface area contributed by atoms with Crippen molar-refractivity contribution in [1.29, 1.82) is 0 Å². The first-order valence-electron chi connectivity index (χ1n) is 32.2. The van der Waals surface area contributed by atoms with E-state index in [1.807, 2.05) is 147 Å². The van der Waals surface area contributed by atoms with Crippen molar-refractivity contribution in [2.24, 2.45) is 0 Å². The normalized spacial score (nSPS) is 11.8. The third-order valence-corrected chi connectivity index (χ3v) is 18.4. The van der Waals surface area contributed by atoms with E-state index in [2.05, 4.69) is 105 Å². The highest BCUT2D eigenvalue weighted by Crippen LogP contribution is 2.55. The van der Waals surface area contributed by atoms with E-state index in [1.54, 1.807) is 49.6 Å². The van der Waals surface area contributed by atoms with E-state index in [0.29, 0.717) is 45.2 Å². The average molecular weight is 1290 g/mol. The molecule has 0 aliphatic heterocycles. The Hall–Kier alpha value is -14.4. The molecule has 20 nitrogen and oxygen atoms in total. The van der Waals surface area contributed by atoms with Gasteiger partial charge in [-0.05, 0) is 158 Å². The second-order valence-electron chi connectivity index (χ2n) is 24.2. The minimum Gasteiger partial charge on any atom is -0.307 e. The molecule has 4 aromatic carbocycles. The van der Waals surface area contributed by atoms with E-state index in [-0.39, 0.29) is 0 Å². The van der Waals surface area contributed by atoms with Gasteiger partial charge in [-0.2, -0.15) is 0 Å². The summed E-state index contributed by atoms with van der Waals surface area (Å²) in [4.78, 5) is 87.1. The molecular weight excluding hydrogens is 1240 g/mol. The van der Waals surface area contributed by atoms with Crippen LogP contribution in [-0.4, -0.2) is 79.7 Å². The monoisotopic (exact) mass is 1290 g/mol. The zero-order valence-electron chi connectivity index (χ0n) is 52.5. The summed E-state index contributed by atoms with van der Waals surface area (Å²) in [7, 11) is 0. The first-order valence-corrected chi connectivity index (χ1v) is 32.2. The number of anilines is 12. The number of hydrogen-bond donors (Lipinski definition) is 0. The third-order valence-electron chi connectivity index (χ3n) is 18.4. The minimum absolute atomic E-state index is 0.603. The average Bonchev–Trinajstić information content (AvgIpc) is 0.698. The van der Waals surface area contributed by atoms with Crippen LogP contribution in [0.15, 0.2) is 281 Å². The molecule has 16 aromatic heterocycles. The highest BCUT2D eigenvalue weighted by Gasteiger charge is 2.31. The smallest absolute Gasteiger partial charge is 0.159 e. The fraction of sp³-hybridized carbons (Fsp3) is 0. The van der Waals surface area contributed by atoms with E-state index < -0.39 is 0 Å². The summed E-state index contributed by atoms with van der Waals surface area (Å²) in [5.74, 6) is 0. The molecule has 20 rings (SSSR count). The van der Waals surface area contributed by atoms with Gasteiger partial charge in [0.05, 0.1) is 118 Å². The second-order valence-corrected chi connectivity index (χ2v) is 24.2. The van der Waals surface area contributed by atoms with Gasteiger partial charge in [-0.3, -0.25) is 0 Å². The molecule has 0 N–H and O–H groups in total. The lowest BCUT2D eigenvalue weighted by Gasteiger charge is -2.34. The summed E-state index contributed by atoms with van der Waals surface area (Å²) >= 11 is 0. The molecule has 0 atom stereocenters. The molecule has 0 radical (unpaired) electrons. The molecule has 20 heteroatoms. The molecule has 0 aliphatic rings. The first kappa shape index (κ1) is 56.0. The van der Waals surface area contributed by atoms with Gasteiger partial charge in [0.1, 0.15) is 0 Å². The Morgan fingerprint density at radius 3 is 0.490 bits per heavy atom. The number of pyridine rings is 16. The number of fused-ring (bicyclic) bond motifs is 8. The number of nitrogens with zero attached hydrogens (tertiary/aromatic N) is 20. The van der Waals surface area contributed by atoms with Crippen LogP contribution in [0.25, 0.3) is 121 Å². The SMILES string of the molecule is c1cnc2ncc(N(c3cnc4ncccc4c3)c3cc(N(c4cnc5ncccc5c4)c4cnc5ncccc5c4)c4ccc5c(N(c6cnc7ncccc7c6)c6cnc7ncccc7c6)cc(N(c6cnc7ncccc7c6)c6cnc7ncccc7c6)c6ccc3c4c65)cc2c1. The molecule has 0 bridgehead atoms. The number of benzene rings is 4. The van der Waals surface area contributed by atoms with Gasteiger partial charge in [-0.25, -0.2) is 79.7 Å². The Kier molecular flexibility index (Phi) is 12.7. The molecular formula is C80H46N20. The summed E-state index contributed by atoms with van der Waals surface area (Å²) in [6, 6.07) is 62.3. The van der Waals surface area contributed by atoms with Crippen LogP contribution >= 0.6 is 0 Å². The van der Waals surface area contributed by atoms with Crippen molar-refractivity contribution in [2.75, 3.05) is 19.6 Å². The largest absolute Gasteiger partial charge is 0.307 e. The van der Waals surface area contributed by atoms with E-state index in [4.69, 9.17) is 79.7 Å². The molecule has 466 valence electrons. The van der Waals surface area contributed by atoms with Gasteiger partial charge in [0.15, 0.2) is 45.2 Å². The summed E-state index contributed by atoms with van der Waals surface area (Å²) in [5.41, 5.74) is 14.0. The van der Waals surface area contributed by atoms with Crippen LogP contribution in [0.2, 0.25) is 0 Å². The Labute approximate surface area is 566 Å². The van der Waals surface area contributed by atoms with Crippen molar-refractivity contribution in [3.05, 3.63) is 281 Å². The lowest BCUT2D eigenvalue weighted by atomic mass is 9.89. The van der Waals surface area contributed by atoms with Crippen molar-refractivity contribution in [1.82, 2.24) is 79.7 Å². The predicted molar refractivity (Wildman–Crippen MR) is 394 cm³/mol. The maximum atomic E-state index is 5.07. The third kappa shape index (κ3) is 9.30. The van der Waals surface area contributed by atoms with Gasteiger partial charge < -0.3 is 19.6 Å². The quantitative estimate of drug-likeness (QED) is 0.104. The predicted octanol–water partition coefficient (Wildman–Crippen LogP) is 18.0. The van der Waals surface area contributed by atoms with Crippen LogP contribution in [0.4, 0.5) is 68.2 Å². The van der Waals surface area contributed by atoms with Crippen LogP contribution in [-0.2, 0) is 0 Å². The van der Waals surface area contributed by atoms with Crippen LogP contribution < -0.4 is 19.6 Å². The molecule has 0 unspecified atom stereocenters. The summed E-state index contributed by atoms with van der Waals surface area (Å²) in [5, 5.41) is 12.2. The highest BCUT2D eigenvalue weighted by atomic mass is 15.2. The van der Waals surface area contributed by atoms with E-state index >= 15 is 0 Å². The Balaban J connectivity index is 0.978.